The van der Waals surface area contributed by atoms with Crippen molar-refractivity contribution in [3.8, 4) is 0 Å². The van der Waals surface area contributed by atoms with Gasteiger partial charge >= 0.3 is 5.97 Å². The zero-order valence-corrected chi connectivity index (χ0v) is 12.1. The molecule has 1 atom stereocenters. The maximum Gasteiger partial charge on any atom is 0.340 e. The van der Waals surface area contributed by atoms with Gasteiger partial charge in [0.15, 0.2) is 6.10 Å². The van der Waals surface area contributed by atoms with Crippen molar-refractivity contribution in [2.24, 2.45) is 0 Å². The Morgan fingerprint density at radius 1 is 1.42 bits per heavy atom. The molecule has 0 aliphatic heterocycles. The van der Waals surface area contributed by atoms with Gasteiger partial charge in [-0.3, -0.25) is 4.79 Å². The van der Waals surface area contributed by atoms with E-state index in [1.807, 2.05) is 12.3 Å². The number of fused-ring (bicyclic) bond motifs is 1. The molecule has 0 bridgehead atoms. The molecule has 0 saturated heterocycles. The fourth-order valence-electron chi connectivity index (χ4n) is 2.26. The highest BCUT2D eigenvalue weighted by molar-refractivity contribution is 7.10. The van der Waals surface area contributed by atoms with Crippen LogP contribution in [0.25, 0.3) is 0 Å². The van der Waals surface area contributed by atoms with Gasteiger partial charge in [-0.25, -0.2) is 4.79 Å². The second kappa shape index (κ2) is 6.19. The number of nitrogens with one attached hydrogen (secondary N) is 1. The largest absolute Gasteiger partial charge is 0.449 e. The lowest BCUT2D eigenvalue weighted by Gasteiger charge is -2.15. The average Bonchev–Trinajstić information content (AvgIpc) is 2.82. The third-order valence-electron chi connectivity index (χ3n) is 3.29. The smallest absolute Gasteiger partial charge is 0.340 e. The molecular weight excluding hydrogens is 262 g/mol. The number of carbonyl (C=O) groups is 2. The molecule has 2 rings (SSSR count). The summed E-state index contributed by atoms with van der Waals surface area (Å²) in [6.07, 6.45) is 3.57. The van der Waals surface area contributed by atoms with Gasteiger partial charge in [0.05, 0.1) is 5.56 Å². The number of hydrogen-bond donors (Lipinski definition) is 1. The van der Waals surface area contributed by atoms with Crippen molar-refractivity contribution >= 4 is 23.2 Å². The SMILES string of the molecule is CCNC(=O)[C@H](C)OC(=O)c1csc2c1CCCC2. The van der Waals surface area contributed by atoms with Crippen LogP contribution in [0.1, 0.15) is 47.5 Å². The monoisotopic (exact) mass is 281 g/mol. The van der Waals surface area contributed by atoms with E-state index in [4.69, 9.17) is 4.74 Å². The van der Waals surface area contributed by atoms with Crippen LogP contribution in [0.5, 0.6) is 0 Å². The fraction of sp³-hybridized carbons (Fsp3) is 0.571. The molecule has 0 unspecified atom stereocenters. The van der Waals surface area contributed by atoms with Gasteiger partial charge in [0, 0.05) is 16.8 Å². The molecule has 0 spiro atoms. The summed E-state index contributed by atoms with van der Waals surface area (Å²) in [5.74, 6) is -0.627. The number of hydrogen-bond acceptors (Lipinski definition) is 4. The molecule has 4 nitrogen and oxygen atoms in total. The van der Waals surface area contributed by atoms with E-state index in [0.29, 0.717) is 12.1 Å². The predicted molar refractivity (Wildman–Crippen MR) is 74.5 cm³/mol. The molecule has 0 radical (unpaired) electrons. The highest BCUT2D eigenvalue weighted by atomic mass is 32.1. The Bertz CT molecular complexity index is 481. The molecule has 104 valence electrons. The molecule has 0 aromatic carbocycles. The maximum atomic E-state index is 12.1. The van der Waals surface area contributed by atoms with Gasteiger partial charge in [0.25, 0.3) is 5.91 Å². The first kappa shape index (κ1) is 14.1. The molecular formula is C14H19NO3S. The van der Waals surface area contributed by atoms with Crippen molar-refractivity contribution in [3.05, 3.63) is 21.4 Å². The minimum absolute atomic E-state index is 0.250. The lowest BCUT2D eigenvalue weighted by atomic mass is 9.96. The van der Waals surface area contributed by atoms with E-state index < -0.39 is 6.10 Å². The molecule has 1 N–H and O–H groups in total. The van der Waals surface area contributed by atoms with Crippen LogP contribution < -0.4 is 5.32 Å². The van der Waals surface area contributed by atoms with Crippen molar-refractivity contribution in [1.82, 2.24) is 5.32 Å². The average molecular weight is 281 g/mol. The summed E-state index contributed by atoms with van der Waals surface area (Å²) in [4.78, 5) is 24.9. The molecule has 1 aromatic heterocycles. The quantitative estimate of drug-likeness (QED) is 0.862. The number of rotatable bonds is 4. The van der Waals surface area contributed by atoms with Gasteiger partial charge < -0.3 is 10.1 Å². The third kappa shape index (κ3) is 3.15. The lowest BCUT2D eigenvalue weighted by molar-refractivity contribution is -0.128. The fourth-order valence-corrected chi connectivity index (χ4v) is 3.38. The number of aryl methyl sites for hydroxylation is 1. The summed E-state index contributed by atoms with van der Waals surface area (Å²) in [6.45, 7) is 3.97. The predicted octanol–water partition coefficient (Wildman–Crippen LogP) is 2.31. The van der Waals surface area contributed by atoms with Crippen molar-refractivity contribution < 1.29 is 14.3 Å². The van der Waals surface area contributed by atoms with Crippen molar-refractivity contribution in [3.63, 3.8) is 0 Å². The van der Waals surface area contributed by atoms with Crippen LogP contribution in [0.2, 0.25) is 0 Å². The molecule has 1 amide bonds. The Kier molecular flexibility index (Phi) is 4.58. The number of esters is 1. The van der Waals surface area contributed by atoms with Crippen LogP contribution >= 0.6 is 11.3 Å². The molecule has 1 heterocycles. The summed E-state index contributed by atoms with van der Waals surface area (Å²) in [7, 11) is 0. The summed E-state index contributed by atoms with van der Waals surface area (Å²) >= 11 is 1.62. The topological polar surface area (TPSA) is 55.4 Å². The zero-order chi connectivity index (χ0) is 13.8. The van der Waals surface area contributed by atoms with E-state index in [1.54, 1.807) is 18.3 Å². The van der Waals surface area contributed by atoms with E-state index in [0.717, 1.165) is 24.8 Å². The number of thiophene rings is 1. The van der Waals surface area contributed by atoms with Gasteiger partial charge in [-0.15, -0.1) is 11.3 Å². The van der Waals surface area contributed by atoms with Gasteiger partial charge in [0.2, 0.25) is 0 Å². The Hall–Kier alpha value is -1.36. The van der Waals surface area contributed by atoms with Gasteiger partial charge in [-0.1, -0.05) is 0 Å². The number of likely N-dealkylation sites (N-methyl/N-ethyl adjacent to an activating group) is 1. The number of ether oxygens (including phenoxy) is 1. The molecule has 1 aliphatic carbocycles. The molecule has 1 aliphatic rings. The van der Waals surface area contributed by atoms with E-state index in [1.165, 1.54) is 11.3 Å². The van der Waals surface area contributed by atoms with Crippen LogP contribution in [0.15, 0.2) is 5.38 Å². The second-order valence-corrected chi connectivity index (χ2v) is 5.66. The first-order chi connectivity index (χ1) is 9.13. The van der Waals surface area contributed by atoms with E-state index in [9.17, 15) is 9.59 Å². The van der Waals surface area contributed by atoms with E-state index in [2.05, 4.69) is 5.32 Å². The minimum atomic E-state index is -0.744. The Labute approximate surface area is 117 Å². The summed E-state index contributed by atoms with van der Waals surface area (Å²) < 4.78 is 5.23. The lowest BCUT2D eigenvalue weighted by Crippen LogP contribution is -2.35. The Morgan fingerprint density at radius 2 is 2.16 bits per heavy atom. The van der Waals surface area contributed by atoms with Crippen molar-refractivity contribution in [2.75, 3.05) is 6.54 Å². The van der Waals surface area contributed by atoms with Crippen LogP contribution in [0, 0.1) is 0 Å². The van der Waals surface area contributed by atoms with Crippen molar-refractivity contribution in [1.29, 1.82) is 0 Å². The van der Waals surface area contributed by atoms with Crippen molar-refractivity contribution in [2.45, 2.75) is 45.6 Å². The second-order valence-electron chi connectivity index (χ2n) is 4.70. The van der Waals surface area contributed by atoms with Gasteiger partial charge in [0.1, 0.15) is 0 Å². The Morgan fingerprint density at radius 3 is 2.89 bits per heavy atom. The van der Waals surface area contributed by atoms with Crippen LogP contribution in [-0.2, 0) is 22.4 Å². The first-order valence-electron chi connectivity index (χ1n) is 6.71. The zero-order valence-electron chi connectivity index (χ0n) is 11.3. The normalized spacial score (nSPS) is 15.5. The number of amides is 1. The highest BCUT2D eigenvalue weighted by Crippen LogP contribution is 2.30. The van der Waals surface area contributed by atoms with Crippen LogP contribution in [0.4, 0.5) is 0 Å². The van der Waals surface area contributed by atoms with Gasteiger partial charge in [-0.05, 0) is 45.1 Å². The minimum Gasteiger partial charge on any atom is -0.449 e. The third-order valence-corrected chi connectivity index (χ3v) is 4.37. The molecule has 19 heavy (non-hydrogen) atoms. The van der Waals surface area contributed by atoms with Crippen LogP contribution in [-0.4, -0.2) is 24.5 Å². The Balaban J connectivity index is 2.04. The highest BCUT2D eigenvalue weighted by Gasteiger charge is 2.24. The van der Waals surface area contributed by atoms with E-state index >= 15 is 0 Å². The van der Waals surface area contributed by atoms with E-state index in [-0.39, 0.29) is 11.9 Å². The summed E-state index contributed by atoms with van der Waals surface area (Å²) in [5, 5.41) is 4.51. The van der Waals surface area contributed by atoms with Gasteiger partial charge in [-0.2, -0.15) is 0 Å². The maximum absolute atomic E-state index is 12.1. The summed E-state index contributed by atoms with van der Waals surface area (Å²) in [5.41, 5.74) is 1.78. The van der Waals surface area contributed by atoms with Crippen LogP contribution in [0.3, 0.4) is 0 Å². The molecule has 1 aromatic rings. The standard InChI is InChI=1S/C14H19NO3S/c1-3-15-13(16)9(2)18-14(17)11-8-19-12-7-5-4-6-10(11)12/h8-9H,3-7H2,1-2H3,(H,15,16)/t9-/m0/s1. The summed E-state index contributed by atoms with van der Waals surface area (Å²) in [6, 6.07) is 0. The molecule has 0 saturated carbocycles. The molecule has 0 fully saturated rings. The molecule has 5 heteroatoms. The first-order valence-corrected chi connectivity index (χ1v) is 7.59. The number of carbonyl (C=O) groups excluding carboxylic acids is 2.